The quantitative estimate of drug-likeness (QED) is 0.779. The van der Waals surface area contributed by atoms with Gasteiger partial charge in [-0.3, -0.25) is 9.80 Å². The Morgan fingerprint density at radius 2 is 1.96 bits per heavy atom. The van der Waals surface area contributed by atoms with Crippen LogP contribution in [0.3, 0.4) is 0 Å². The molecule has 5 nitrogen and oxygen atoms in total. The zero-order valence-electron chi connectivity index (χ0n) is 16.7. The number of nitrogens with zero attached hydrogens (tertiary/aromatic N) is 3. The average molecular weight is 367 g/mol. The Labute approximate surface area is 162 Å². The number of rotatable bonds is 4. The van der Waals surface area contributed by atoms with E-state index in [2.05, 4.69) is 40.2 Å². The van der Waals surface area contributed by atoms with E-state index in [9.17, 15) is 4.79 Å². The number of carbonyl (C=O) groups is 1. The Bertz CT molecular complexity index is 771. The summed E-state index contributed by atoms with van der Waals surface area (Å²) in [6.07, 6.45) is 3.56. The molecule has 1 atom stereocenters. The molecule has 27 heavy (non-hydrogen) atoms. The lowest BCUT2D eigenvalue weighted by atomic mass is 10.0. The number of ether oxygens (including phenoxy) is 1. The standard InChI is InChI=1S/C22H29N3O2/c1-22(2,3)27-21(26)24(4)20-18(12-8-14-23-20)19-13-9-15-25(19)16-17-10-6-5-7-11-17/h5-8,10-12,14,19H,9,13,15-16H2,1-4H3/t19-/m1/s1. The number of amides is 1. The van der Waals surface area contributed by atoms with Crippen molar-refractivity contribution in [2.75, 3.05) is 18.5 Å². The van der Waals surface area contributed by atoms with E-state index in [0.717, 1.165) is 31.5 Å². The zero-order chi connectivity index (χ0) is 19.4. The van der Waals surface area contributed by atoms with Gasteiger partial charge in [-0.1, -0.05) is 36.4 Å². The topological polar surface area (TPSA) is 45.7 Å². The molecule has 0 aliphatic carbocycles. The molecule has 0 spiro atoms. The molecule has 2 heterocycles. The van der Waals surface area contributed by atoms with Crippen LogP contribution in [0.5, 0.6) is 0 Å². The van der Waals surface area contributed by atoms with Gasteiger partial charge in [-0.2, -0.15) is 0 Å². The van der Waals surface area contributed by atoms with Gasteiger partial charge in [0.2, 0.25) is 0 Å². The van der Waals surface area contributed by atoms with E-state index in [4.69, 9.17) is 4.74 Å². The summed E-state index contributed by atoms with van der Waals surface area (Å²) in [7, 11) is 1.73. The minimum Gasteiger partial charge on any atom is -0.443 e. The molecular weight excluding hydrogens is 338 g/mol. The number of benzene rings is 1. The zero-order valence-corrected chi connectivity index (χ0v) is 16.7. The minimum atomic E-state index is -0.535. The second-order valence-electron chi connectivity index (χ2n) is 8.07. The molecule has 5 heteroatoms. The number of anilines is 1. The van der Waals surface area contributed by atoms with Gasteiger partial charge in [-0.05, 0) is 51.8 Å². The van der Waals surface area contributed by atoms with Crippen LogP contribution in [-0.4, -0.2) is 35.2 Å². The van der Waals surface area contributed by atoms with E-state index in [1.54, 1.807) is 13.2 Å². The third kappa shape index (κ3) is 4.86. The van der Waals surface area contributed by atoms with Crippen molar-refractivity contribution in [1.82, 2.24) is 9.88 Å². The van der Waals surface area contributed by atoms with Crippen molar-refractivity contribution in [2.45, 2.75) is 51.8 Å². The van der Waals surface area contributed by atoms with Crippen LogP contribution in [0.25, 0.3) is 0 Å². The maximum Gasteiger partial charge on any atom is 0.415 e. The molecule has 0 N–H and O–H groups in total. The molecule has 1 aromatic carbocycles. The van der Waals surface area contributed by atoms with E-state index in [1.807, 2.05) is 32.9 Å². The summed E-state index contributed by atoms with van der Waals surface area (Å²) < 4.78 is 5.53. The van der Waals surface area contributed by atoms with Crippen molar-refractivity contribution >= 4 is 11.9 Å². The third-order valence-corrected chi connectivity index (χ3v) is 4.75. The predicted molar refractivity (Wildman–Crippen MR) is 108 cm³/mol. The molecule has 3 rings (SSSR count). The highest BCUT2D eigenvalue weighted by molar-refractivity contribution is 5.87. The molecule has 1 aliphatic rings. The highest BCUT2D eigenvalue weighted by Crippen LogP contribution is 2.37. The van der Waals surface area contributed by atoms with Gasteiger partial charge >= 0.3 is 6.09 Å². The minimum absolute atomic E-state index is 0.249. The van der Waals surface area contributed by atoms with Crippen molar-refractivity contribution in [3.8, 4) is 0 Å². The molecule has 144 valence electrons. The van der Waals surface area contributed by atoms with E-state index in [0.29, 0.717) is 5.82 Å². The number of aromatic nitrogens is 1. The van der Waals surface area contributed by atoms with Crippen LogP contribution in [0.15, 0.2) is 48.7 Å². The molecule has 1 saturated heterocycles. The maximum absolute atomic E-state index is 12.5. The van der Waals surface area contributed by atoms with Crippen molar-refractivity contribution in [2.24, 2.45) is 0 Å². The Balaban J connectivity index is 1.83. The van der Waals surface area contributed by atoms with E-state index >= 15 is 0 Å². The van der Waals surface area contributed by atoms with Crippen LogP contribution in [0.4, 0.5) is 10.6 Å². The normalized spacial score (nSPS) is 17.7. The first-order valence-electron chi connectivity index (χ1n) is 9.55. The second-order valence-corrected chi connectivity index (χ2v) is 8.07. The highest BCUT2D eigenvalue weighted by Gasteiger charge is 2.31. The molecule has 0 unspecified atom stereocenters. The summed E-state index contributed by atoms with van der Waals surface area (Å²) in [5, 5.41) is 0. The first kappa shape index (κ1) is 19.4. The number of carbonyl (C=O) groups excluding carboxylic acids is 1. The Kier molecular flexibility index (Phi) is 5.80. The third-order valence-electron chi connectivity index (χ3n) is 4.75. The summed E-state index contributed by atoms with van der Waals surface area (Å²) in [5.74, 6) is 0.678. The summed E-state index contributed by atoms with van der Waals surface area (Å²) in [4.78, 5) is 21.1. The first-order chi connectivity index (χ1) is 12.8. The lowest BCUT2D eigenvalue weighted by Crippen LogP contribution is -2.35. The predicted octanol–water partition coefficient (Wildman–Crippen LogP) is 4.79. The van der Waals surface area contributed by atoms with Gasteiger partial charge in [0, 0.05) is 31.4 Å². The van der Waals surface area contributed by atoms with Crippen LogP contribution in [0.2, 0.25) is 0 Å². The number of hydrogen-bond donors (Lipinski definition) is 0. The highest BCUT2D eigenvalue weighted by atomic mass is 16.6. The van der Waals surface area contributed by atoms with Gasteiger partial charge in [0.15, 0.2) is 0 Å². The van der Waals surface area contributed by atoms with Crippen molar-refractivity contribution in [1.29, 1.82) is 0 Å². The molecule has 0 bridgehead atoms. The molecule has 0 saturated carbocycles. The number of pyridine rings is 1. The molecule has 0 radical (unpaired) electrons. The maximum atomic E-state index is 12.5. The lowest BCUT2D eigenvalue weighted by Gasteiger charge is -2.29. The monoisotopic (exact) mass is 367 g/mol. The fraction of sp³-hybridized carbons (Fsp3) is 0.455. The van der Waals surface area contributed by atoms with Crippen LogP contribution in [-0.2, 0) is 11.3 Å². The molecule has 1 aromatic heterocycles. The number of likely N-dealkylation sites (tertiary alicyclic amines) is 1. The van der Waals surface area contributed by atoms with Gasteiger partial charge in [0.25, 0.3) is 0 Å². The largest absolute Gasteiger partial charge is 0.443 e. The lowest BCUT2D eigenvalue weighted by molar-refractivity contribution is 0.0587. The summed E-state index contributed by atoms with van der Waals surface area (Å²) in [6, 6.07) is 14.8. The molecule has 1 fully saturated rings. The van der Waals surface area contributed by atoms with Crippen molar-refractivity contribution in [3.05, 3.63) is 59.8 Å². The van der Waals surface area contributed by atoms with Crippen LogP contribution in [0, 0.1) is 0 Å². The average Bonchev–Trinajstić information content (AvgIpc) is 3.08. The van der Waals surface area contributed by atoms with Crippen LogP contribution in [0.1, 0.15) is 50.8 Å². The van der Waals surface area contributed by atoms with Gasteiger partial charge in [0.1, 0.15) is 11.4 Å². The Morgan fingerprint density at radius 1 is 1.22 bits per heavy atom. The van der Waals surface area contributed by atoms with Crippen LogP contribution < -0.4 is 4.90 Å². The van der Waals surface area contributed by atoms with E-state index in [-0.39, 0.29) is 12.1 Å². The van der Waals surface area contributed by atoms with Gasteiger partial charge in [-0.15, -0.1) is 0 Å². The number of hydrogen-bond acceptors (Lipinski definition) is 4. The second kappa shape index (κ2) is 8.09. The summed E-state index contributed by atoms with van der Waals surface area (Å²) >= 11 is 0. The van der Waals surface area contributed by atoms with Gasteiger partial charge in [0.05, 0.1) is 0 Å². The SMILES string of the molecule is CN(C(=O)OC(C)(C)C)c1ncccc1[C@H]1CCCN1Cc1ccccc1. The fourth-order valence-electron chi connectivity index (χ4n) is 3.55. The van der Waals surface area contributed by atoms with Gasteiger partial charge in [-0.25, -0.2) is 9.78 Å². The molecular formula is C22H29N3O2. The first-order valence-corrected chi connectivity index (χ1v) is 9.55. The van der Waals surface area contributed by atoms with Gasteiger partial charge < -0.3 is 4.74 Å². The molecule has 1 aliphatic heterocycles. The Morgan fingerprint density at radius 3 is 2.67 bits per heavy atom. The fourth-order valence-corrected chi connectivity index (χ4v) is 3.55. The van der Waals surface area contributed by atoms with Crippen molar-refractivity contribution < 1.29 is 9.53 Å². The van der Waals surface area contributed by atoms with Crippen LogP contribution >= 0.6 is 0 Å². The molecule has 2 aromatic rings. The van der Waals surface area contributed by atoms with Crippen molar-refractivity contribution in [3.63, 3.8) is 0 Å². The summed E-state index contributed by atoms with van der Waals surface area (Å²) in [6.45, 7) is 7.56. The molecule has 1 amide bonds. The summed E-state index contributed by atoms with van der Waals surface area (Å²) in [5.41, 5.74) is 1.85. The van der Waals surface area contributed by atoms with E-state index in [1.165, 1.54) is 10.5 Å². The van der Waals surface area contributed by atoms with E-state index < -0.39 is 5.60 Å². The smallest absolute Gasteiger partial charge is 0.415 e. The Hall–Kier alpha value is -2.40.